The highest BCUT2D eigenvalue weighted by molar-refractivity contribution is 5.89. The molecule has 0 radical (unpaired) electrons. The van der Waals surface area contributed by atoms with E-state index in [1.165, 1.54) is 31.8 Å². The Morgan fingerprint density at radius 1 is 1.00 bits per heavy atom. The molecule has 1 aliphatic rings. The van der Waals surface area contributed by atoms with E-state index in [0.717, 1.165) is 50.2 Å². The minimum absolute atomic E-state index is 0.0572. The summed E-state index contributed by atoms with van der Waals surface area (Å²) in [7, 11) is 0. The van der Waals surface area contributed by atoms with E-state index in [-0.39, 0.29) is 18.0 Å². The first-order valence-electron chi connectivity index (χ1n) is 11.4. The Morgan fingerprint density at radius 3 is 2.30 bits per heavy atom. The van der Waals surface area contributed by atoms with Gasteiger partial charge in [-0.05, 0) is 81.5 Å². The number of benzene rings is 1. The Balaban J connectivity index is 1.58. The molecular formula is C25H36O5. The number of ether oxygens (including phenoxy) is 3. The highest BCUT2D eigenvalue weighted by Gasteiger charge is 2.23. The number of rotatable bonds is 13. The second-order valence-corrected chi connectivity index (χ2v) is 8.00. The molecule has 1 aromatic carbocycles. The lowest BCUT2D eigenvalue weighted by atomic mass is 9.85. The van der Waals surface area contributed by atoms with Gasteiger partial charge in [-0.15, -0.1) is 0 Å². The average molecular weight is 417 g/mol. The van der Waals surface area contributed by atoms with Crippen LogP contribution in [0.3, 0.4) is 0 Å². The van der Waals surface area contributed by atoms with Crippen LogP contribution in [0.4, 0.5) is 0 Å². The van der Waals surface area contributed by atoms with Gasteiger partial charge in [0.15, 0.2) is 0 Å². The van der Waals surface area contributed by atoms with Crippen molar-refractivity contribution in [2.45, 2.75) is 77.2 Å². The number of carbonyl (C=O) groups is 2. The average Bonchev–Trinajstić information content (AvgIpc) is 2.77. The minimum Gasteiger partial charge on any atom is -0.494 e. The van der Waals surface area contributed by atoms with Crippen LogP contribution in [-0.4, -0.2) is 31.3 Å². The SMILES string of the molecule is C=CC(=O)OCCCCCCOc1ccc(C(=O)OC2CCC(CCC)CC2)cc1. The molecule has 0 unspecified atom stereocenters. The highest BCUT2D eigenvalue weighted by atomic mass is 16.5. The predicted octanol–water partition coefficient (Wildman–Crippen LogP) is 5.87. The number of esters is 2. The lowest BCUT2D eigenvalue weighted by Gasteiger charge is -2.28. The molecule has 0 bridgehead atoms. The van der Waals surface area contributed by atoms with Crippen LogP contribution in [0.15, 0.2) is 36.9 Å². The second-order valence-electron chi connectivity index (χ2n) is 8.00. The van der Waals surface area contributed by atoms with Crippen molar-refractivity contribution in [3.05, 3.63) is 42.5 Å². The van der Waals surface area contributed by atoms with Crippen molar-refractivity contribution < 1.29 is 23.8 Å². The van der Waals surface area contributed by atoms with Gasteiger partial charge in [-0.2, -0.15) is 0 Å². The molecule has 0 heterocycles. The molecule has 1 aliphatic carbocycles. The zero-order valence-corrected chi connectivity index (χ0v) is 18.3. The van der Waals surface area contributed by atoms with Crippen molar-refractivity contribution in [1.29, 1.82) is 0 Å². The van der Waals surface area contributed by atoms with Crippen molar-refractivity contribution >= 4 is 11.9 Å². The van der Waals surface area contributed by atoms with Crippen LogP contribution < -0.4 is 4.74 Å². The number of hydrogen-bond acceptors (Lipinski definition) is 5. The van der Waals surface area contributed by atoms with Crippen LogP contribution in [-0.2, 0) is 14.3 Å². The fraction of sp³-hybridized carbons (Fsp3) is 0.600. The largest absolute Gasteiger partial charge is 0.494 e. The molecule has 0 saturated heterocycles. The van der Waals surface area contributed by atoms with Crippen LogP contribution in [0.25, 0.3) is 0 Å². The fourth-order valence-corrected chi connectivity index (χ4v) is 3.83. The van der Waals surface area contributed by atoms with Gasteiger partial charge < -0.3 is 14.2 Å². The van der Waals surface area contributed by atoms with Gasteiger partial charge >= 0.3 is 11.9 Å². The maximum atomic E-state index is 12.4. The summed E-state index contributed by atoms with van der Waals surface area (Å²) in [5.74, 6) is 0.949. The van der Waals surface area contributed by atoms with E-state index in [1.54, 1.807) is 12.1 Å². The van der Waals surface area contributed by atoms with Gasteiger partial charge in [0.1, 0.15) is 11.9 Å². The van der Waals surface area contributed by atoms with Gasteiger partial charge in [0.25, 0.3) is 0 Å². The van der Waals surface area contributed by atoms with Crippen LogP contribution in [0, 0.1) is 5.92 Å². The number of unbranched alkanes of at least 4 members (excludes halogenated alkanes) is 3. The van der Waals surface area contributed by atoms with Crippen molar-refractivity contribution in [3.63, 3.8) is 0 Å². The molecule has 30 heavy (non-hydrogen) atoms. The summed E-state index contributed by atoms with van der Waals surface area (Å²) < 4.78 is 16.4. The summed E-state index contributed by atoms with van der Waals surface area (Å²) in [5.41, 5.74) is 0.576. The summed E-state index contributed by atoms with van der Waals surface area (Å²) in [6.07, 6.45) is 11.8. The lowest BCUT2D eigenvalue weighted by Crippen LogP contribution is -2.24. The maximum absolute atomic E-state index is 12.4. The van der Waals surface area contributed by atoms with Gasteiger partial charge in [0, 0.05) is 6.08 Å². The maximum Gasteiger partial charge on any atom is 0.338 e. The summed E-state index contributed by atoms with van der Waals surface area (Å²) in [4.78, 5) is 23.3. The normalized spacial score (nSPS) is 18.4. The molecule has 0 aromatic heterocycles. The molecule has 0 amide bonds. The van der Waals surface area contributed by atoms with Crippen LogP contribution in [0.2, 0.25) is 0 Å². The Morgan fingerprint density at radius 2 is 1.67 bits per heavy atom. The highest BCUT2D eigenvalue weighted by Crippen LogP contribution is 2.29. The van der Waals surface area contributed by atoms with Gasteiger partial charge in [-0.3, -0.25) is 0 Å². The molecule has 166 valence electrons. The van der Waals surface area contributed by atoms with E-state index >= 15 is 0 Å². The van der Waals surface area contributed by atoms with Gasteiger partial charge in [-0.1, -0.05) is 26.3 Å². The summed E-state index contributed by atoms with van der Waals surface area (Å²) in [5, 5.41) is 0. The molecular weight excluding hydrogens is 380 g/mol. The quantitative estimate of drug-likeness (QED) is 0.229. The topological polar surface area (TPSA) is 61.8 Å². The van der Waals surface area contributed by atoms with Crippen LogP contribution >= 0.6 is 0 Å². The smallest absolute Gasteiger partial charge is 0.338 e. The third-order valence-corrected chi connectivity index (χ3v) is 5.57. The zero-order chi connectivity index (χ0) is 21.6. The van der Waals surface area contributed by atoms with E-state index in [9.17, 15) is 9.59 Å². The second kappa shape index (κ2) is 13.8. The molecule has 0 spiro atoms. The lowest BCUT2D eigenvalue weighted by molar-refractivity contribution is -0.137. The van der Waals surface area contributed by atoms with Crippen molar-refractivity contribution in [2.75, 3.05) is 13.2 Å². The summed E-state index contributed by atoms with van der Waals surface area (Å²) >= 11 is 0. The van der Waals surface area contributed by atoms with Crippen molar-refractivity contribution in [1.82, 2.24) is 0 Å². The monoisotopic (exact) mass is 416 g/mol. The Labute approximate surface area is 180 Å². The Bertz CT molecular complexity index is 644. The number of hydrogen-bond donors (Lipinski definition) is 0. The number of carbonyl (C=O) groups excluding carboxylic acids is 2. The third-order valence-electron chi connectivity index (χ3n) is 5.57. The van der Waals surface area contributed by atoms with Gasteiger partial charge in [-0.25, -0.2) is 9.59 Å². The van der Waals surface area contributed by atoms with Gasteiger partial charge in [0.2, 0.25) is 0 Å². The van der Waals surface area contributed by atoms with Gasteiger partial charge in [0.05, 0.1) is 18.8 Å². The first-order valence-corrected chi connectivity index (χ1v) is 11.4. The Kier molecular flexibility index (Phi) is 11.1. The summed E-state index contributed by atoms with van der Waals surface area (Å²) in [6, 6.07) is 7.19. The first kappa shape index (κ1) is 24.0. The van der Waals surface area contributed by atoms with Crippen LogP contribution in [0.1, 0.15) is 81.5 Å². The predicted molar refractivity (Wildman–Crippen MR) is 118 cm³/mol. The molecule has 5 nitrogen and oxygen atoms in total. The first-order chi connectivity index (χ1) is 14.6. The molecule has 5 heteroatoms. The zero-order valence-electron chi connectivity index (χ0n) is 18.3. The Hall–Kier alpha value is -2.30. The van der Waals surface area contributed by atoms with E-state index < -0.39 is 0 Å². The molecule has 0 atom stereocenters. The molecule has 0 aliphatic heterocycles. The molecule has 1 fully saturated rings. The van der Waals surface area contributed by atoms with Crippen molar-refractivity contribution in [3.8, 4) is 5.75 Å². The summed E-state index contributed by atoms with van der Waals surface area (Å²) in [6.45, 7) is 6.65. The third kappa shape index (κ3) is 9.02. The fourth-order valence-electron chi connectivity index (χ4n) is 3.83. The van der Waals surface area contributed by atoms with E-state index in [2.05, 4.69) is 13.5 Å². The van der Waals surface area contributed by atoms with Crippen LogP contribution in [0.5, 0.6) is 5.75 Å². The molecule has 2 rings (SSSR count). The van der Waals surface area contributed by atoms with E-state index in [1.807, 2.05) is 12.1 Å². The van der Waals surface area contributed by atoms with E-state index in [0.29, 0.717) is 18.8 Å². The minimum atomic E-state index is -0.370. The standard InChI is InChI=1S/C25H36O5/c1-3-9-20-10-14-23(15-11-20)30-25(27)21-12-16-22(17-13-21)28-18-7-5-6-8-19-29-24(26)4-2/h4,12-13,16-17,20,23H,2-3,5-11,14-15,18-19H2,1H3. The molecule has 0 N–H and O–H groups in total. The molecule has 1 aromatic rings. The van der Waals surface area contributed by atoms with E-state index in [4.69, 9.17) is 14.2 Å². The molecule has 1 saturated carbocycles. The van der Waals surface area contributed by atoms with Crippen molar-refractivity contribution in [2.24, 2.45) is 5.92 Å².